The molecule has 0 unspecified atom stereocenters. The number of rotatable bonds is 6. The molecule has 2 aliphatic rings. The minimum atomic E-state index is 0.130. The lowest BCUT2D eigenvalue weighted by Crippen LogP contribution is -2.46. The number of ether oxygens (including phenoxy) is 2. The van der Waals surface area contributed by atoms with Crippen LogP contribution in [-0.4, -0.2) is 57.7 Å². The van der Waals surface area contributed by atoms with E-state index in [0.717, 1.165) is 62.7 Å². The van der Waals surface area contributed by atoms with E-state index in [1.165, 1.54) is 11.5 Å². The molecule has 0 bridgehead atoms. The molecule has 1 aliphatic heterocycles. The van der Waals surface area contributed by atoms with Gasteiger partial charge in [-0.1, -0.05) is 0 Å². The minimum Gasteiger partial charge on any atom is -0.472 e. The normalized spacial score (nSPS) is 23.0. The van der Waals surface area contributed by atoms with Crippen molar-refractivity contribution in [3.05, 3.63) is 24.1 Å². The molecular weight excluding hydrogens is 404 g/mol. The minimum absolute atomic E-state index is 0.130. The SMILES string of the molecule is NCc1cc(Nc2nc(OC3CCC(N4CCOCC4)CC3)c3occc3n2)sn1. The largest absolute Gasteiger partial charge is 0.472 e. The second-order valence-electron chi connectivity index (χ2n) is 7.70. The van der Waals surface area contributed by atoms with Crippen LogP contribution in [0.1, 0.15) is 31.4 Å². The molecule has 9 nitrogen and oxygen atoms in total. The van der Waals surface area contributed by atoms with Crippen LogP contribution in [0.3, 0.4) is 0 Å². The van der Waals surface area contributed by atoms with Crippen molar-refractivity contribution in [2.24, 2.45) is 5.73 Å². The third-order valence-electron chi connectivity index (χ3n) is 5.76. The summed E-state index contributed by atoms with van der Waals surface area (Å²) in [6.45, 7) is 4.16. The Morgan fingerprint density at radius 3 is 2.80 bits per heavy atom. The molecule has 160 valence electrons. The average Bonchev–Trinajstić information content (AvgIpc) is 3.44. The predicted molar refractivity (Wildman–Crippen MR) is 114 cm³/mol. The van der Waals surface area contributed by atoms with E-state index >= 15 is 0 Å². The molecule has 30 heavy (non-hydrogen) atoms. The molecule has 5 rings (SSSR count). The van der Waals surface area contributed by atoms with Crippen molar-refractivity contribution in [3.63, 3.8) is 0 Å². The number of aromatic nitrogens is 3. The molecule has 2 fully saturated rings. The lowest BCUT2D eigenvalue weighted by Gasteiger charge is -2.38. The molecular formula is C20H26N6O3S. The standard InChI is InChI=1S/C20H26N6O3S/c21-12-13-11-17(30-25-13)23-20-22-16-5-8-28-18(16)19(24-20)29-15-3-1-14(2-4-15)26-6-9-27-10-7-26/h5,8,11,14-15H,1-4,6-7,9-10,12,21H2,(H,22,23,24). The van der Waals surface area contributed by atoms with Gasteiger partial charge in [-0.25, -0.2) is 4.98 Å². The van der Waals surface area contributed by atoms with Crippen molar-refractivity contribution in [3.8, 4) is 5.88 Å². The van der Waals surface area contributed by atoms with E-state index in [9.17, 15) is 0 Å². The Kier molecular flexibility index (Phi) is 5.80. The fourth-order valence-corrected chi connectivity index (χ4v) is 4.85. The highest BCUT2D eigenvalue weighted by atomic mass is 32.1. The molecule has 1 saturated heterocycles. The second kappa shape index (κ2) is 8.84. The zero-order chi connectivity index (χ0) is 20.3. The Morgan fingerprint density at radius 2 is 2.03 bits per heavy atom. The molecule has 0 radical (unpaired) electrons. The van der Waals surface area contributed by atoms with Crippen LogP contribution in [0.5, 0.6) is 5.88 Å². The molecule has 0 atom stereocenters. The van der Waals surface area contributed by atoms with Crippen LogP contribution in [0, 0.1) is 0 Å². The number of fused-ring (bicyclic) bond motifs is 1. The van der Waals surface area contributed by atoms with Crippen LogP contribution in [0.15, 0.2) is 22.8 Å². The van der Waals surface area contributed by atoms with Gasteiger partial charge >= 0.3 is 0 Å². The molecule has 0 amide bonds. The second-order valence-corrected chi connectivity index (χ2v) is 8.50. The van der Waals surface area contributed by atoms with Gasteiger partial charge in [0.25, 0.3) is 5.88 Å². The smallest absolute Gasteiger partial charge is 0.263 e. The molecule has 0 spiro atoms. The first-order valence-electron chi connectivity index (χ1n) is 10.4. The first-order chi connectivity index (χ1) is 14.8. The van der Waals surface area contributed by atoms with Gasteiger partial charge in [0, 0.05) is 31.7 Å². The Labute approximate surface area is 178 Å². The van der Waals surface area contributed by atoms with Crippen LogP contribution in [-0.2, 0) is 11.3 Å². The average molecular weight is 431 g/mol. The molecule has 1 saturated carbocycles. The van der Waals surface area contributed by atoms with Crippen molar-refractivity contribution in [1.29, 1.82) is 0 Å². The highest BCUT2D eigenvalue weighted by molar-refractivity contribution is 7.10. The number of furan rings is 1. The highest BCUT2D eigenvalue weighted by Gasteiger charge is 2.28. The van der Waals surface area contributed by atoms with Gasteiger partial charge in [-0.05, 0) is 43.3 Å². The van der Waals surface area contributed by atoms with Crippen molar-refractivity contribution in [2.75, 3.05) is 31.6 Å². The lowest BCUT2D eigenvalue weighted by molar-refractivity contribution is -0.00132. The Balaban J connectivity index is 1.27. The summed E-state index contributed by atoms with van der Waals surface area (Å²) in [5.41, 5.74) is 7.78. The van der Waals surface area contributed by atoms with Gasteiger partial charge < -0.3 is 24.9 Å². The maximum atomic E-state index is 6.31. The third kappa shape index (κ3) is 4.27. The number of hydrogen-bond acceptors (Lipinski definition) is 10. The molecule has 3 aromatic rings. The van der Waals surface area contributed by atoms with Gasteiger partial charge in [-0.3, -0.25) is 4.90 Å². The molecule has 1 aliphatic carbocycles. The first-order valence-corrected chi connectivity index (χ1v) is 11.2. The molecule has 3 aromatic heterocycles. The summed E-state index contributed by atoms with van der Waals surface area (Å²) in [5, 5.41) is 4.05. The summed E-state index contributed by atoms with van der Waals surface area (Å²) in [6.07, 6.45) is 6.02. The number of nitrogens with two attached hydrogens (primary N) is 1. The quantitative estimate of drug-likeness (QED) is 0.609. The van der Waals surface area contributed by atoms with Crippen molar-refractivity contribution < 1.29 is 13.9 Å². The van der Waals surface area contributed by atoms with E-state index in [1.54, 1.807) is 6.26 Å². The van der Waals surface area contributed by atoms with Crippen molar-refractivity contribution >= 4 is 33.6 Å². The monoisotopic (exact) mass is 430 g/mol. The fourth-order valence-electron chi connectivity index (χ4n) is 4.18. The number of nitrogens with zero attached hydrogens (tertiary/aromatic N) is 4. The van der Waals surface area contributed by atoms with Crippen LogP contribution in [0.4, 0.5) is 10.9 Å². The number of hydrogen-bond donors (Lipinski definition) is 2. The maximum absolute atomic E-state index is 6.31. The molecule has 4 heterocycles. The zero-order valence-corrected chi connectivity index (χ0v) is 17.6. The third-order valence-corrected chi connectivity index (χ3v) is 6.50. The van der Waals surface area contributed by atoms with Gasteiger partial charge in [0.05, 0.1) is 25.2 Å². The van der Waals surface area contributed by atoms with Crippen LogP contribution in [0.25, 0.3) is 11.1 Å². The highest BCUT2D eigenvalue weighted by Crippen LogP contribution is 2.31. The zero-order valence-electron chi connectivity index (χ0n) is 16.7. The molecule has 10 heteroatoms. The predicted octanol–water partition coefficient (Wildman–Crippen LogP) is 2.90. The summed E-state index contributed by atoms with van der Waals surface area (Å²) in [5.74, 6) is 0.957. The summed E-state index contributed by atoms with van der Waals surface area (Å²) >= 11 is 1.33. The van der Waals surface area contributed by atoms with Gasteiger partial charge in [0.15, 0.2) is 0 Å². The van der Waals surface area contributed by atoms with E-state index in [0.29, 0.717) is 35.5 Å². The Bertz CT molecular complexity index is 978. The van der Waals surface area contributed by atoms with E-state index in [4.69, 9.17) is 19.6 Å². The van der Waals surface area contributed by atoms with E-state index in [2.05, 4.69) is 24.6 Å². The van der Waals surface area contributed by atoms with Crippen LogP contribution < -0.4 is 15.8 Å². The van der Waals surface area contributed by atoms with E-state index < -0.39 is 0 Å². The van der Waals surface area contributed by atoms with Gasteiger partial charge in [0.2, 0.25) is 11.5 Å². The molecule has 3 N–H and O–H groups in total. The Morgan fingerprint density at radius 1 is 1.20 bits per heavy atom. The number of anilines is 2. The van der Waals surface area contributed by atoms with Crippen molar-refractivity contribution in [1.82, 2.24) is 19.2 Å². The summed E-state index contributed by atoms with van der Waals surface area (Å²) in [7, 11) is 0. The van der Waals surface area contributed by atoms with Gasteiger partial charge in [-0.2, -0.15) is 9.36 Å². The number of nitrogens with one attached hydrogen (secondary N) is 1. The van der Waals surface area contributed by atoms with E-state index in [-0.39, 0.29) is 6.10 Å². The fraction of sp³-hybridized carbons (Fsp3) is 0.550. The van der Waals surface area contributed by atoms with E-state index in [1.807, 2.05) is 12.1 Å². The van der Waals surface area contributed by atoms with Gasteiger partial charge in [-0.15, -0.1) is 0 Å². The van der Waals surface area contributed by atoms with Gasteiger partial charge in [0.1, 0.15) is 16.6 Å². The van der Waals surface area contributed by atoms with Crippen LogP contribution in [0.2, 0.25) is 0 Å². The Hall–Kier alpha value is -2.27. The van der Waals surface area contributed by atoms with Crippen LogP contribution >= 0.6 is 11.5 Å². The maximum Gasteiger partial charge on any atom is 0.263 e. The first kappa shape index (κ1) is 19.7. The lowest BCUT2D eigenvalue weighted by atomic mass is 9.91. The summed E-state index contributed by atoms with van der Waals surface area (Å²) < 4.78 is 21.7. The summed E-state index contributed by atoms with van der Waals surface area (Å²) in [6, 6.07) is 4.35. The van der Waals surface area contributed by atoms with Crippen molar-refractivity contribution in [2.45, 2.75) is 44.4 Å². The number of morpholine rings is 1. The summed E-state index contributed by atoms with van der Waals surface area (Å²) in [4.78, 5) is 11.7. The topological polar surface area (TPSA) is 112 Å². The molecule has 0 aromatic carbocycles.